The Morgan fingerprint density at radius 2 is 1.80 bits per heavy atom. The van der Waals surface area contributed by atoms with E-state index in [1.807, 2.05) is 7.05 Å². The van der Waals surface area contributed by atoms with Crippen LogP contribution in [0.15, 0.2) is 0 Å². The molecule has 0 aromatic carbocycles. The lowest BCUT2D eigenvalue weighted by atomic mass is 9.94. The molecule has 0 unspecified atom stereocenters. The van der Waals surface area contributed by atoms with E-state index in [0.717, 1.165) is 19.4 Å². The lowest BCUT2D eigenvalue weighted by molar-refractivity contribution is 0.108. The molecule has 2 nitrogen and oxygen atoms in total. The molecular formula is C8H19NO. The number of hydrogen-bond donors (Lipinski definition) is 1. The van der Waals surface area contributed by atoms with Crippen molar-refractivity contribution >= 4 is 0 Å². The molecule has 0 spiro atoms. The van der Waals surface area contributed by atoms with Crippen molar-refractivity contribution in [1.29, 1.82) is 0 Å². The molecule has 0 aliphatic carbocycles. The summed E-state index contributed by atoms with van der Waals surface area (Å²) in [4.78, 5) is 0. The van der Waals surface area contributed by atoms with E-state index in [9.17, 15) is 0 Å². The normalized spacial score (nSPS) is 12.0. The zero-order chi connectivity index (χ0) is 8.04. The van der Waals surface area contributed by atoms with Crippen molar-refractivity contribution in [2.75, 3.05) is 20.8 Å². The Morgan fingerprint density at radius 3 is 1.90 bits per heavy atom. The van der Waals surface area contributed by atoms with E-state index in [1.54, 1.807) is 7.11 Å². The van der Waals surface area contributed by atoms with Crippen molar-refractivity contribution in [2.24, 2.45) is 0 Å². The minimum absolute atomic E-state index is 0.203. The summed E-state index contributed by atoms with van der Waals surface area (Å²) < 4.78 is 5.12. The third-order valence-electron chi connectivity index (χ3n) is 2.30. The molecule has 0 heterocycles. The summed E-state index contributed by atoms with van der Waals surface area (Å²) in [6.07, 6.45) is 2.24. The van der Waals surface area contributed by atoms with Crippen molar-refractivity contribution in [1.82, 2.24) is 5.32 Å². The molecule has 0 aromatic heterocycles. The summed E-state index contributed by atoms with van der Waals surface area (Å²) in [5.41, 5.74) is 0.203. The summed E-state index contributed by atoms with van der Waals surface area (Å²) >= 11 is 0. The number of methoxy groups -OCH3 is 1. The third-order valence-corrected chi connectivity index (χ3v) is 2.30. The molecule has 0 aliphatic heterocycles. The van der Waals surface area contributed by atoms with Crippen molar-refractivity contribution < 1.29 is 4.74 Å². The first-order valence-corrected chi connectivity index (χ1v) is 3.92. The van der Waals surface area contributed by atoms with Crippen LogP contribution in [-0.4, -0.2) is 26.3 Å². The van der Waals surface area contributed by atoms with Gasteiger partial charge in [0.15, 0.2) is 0 Å². The molecule has 2 heteroatoms. The second kappa shape index (κ2) is 4.69. The Labute approximate surface area is 64.0 Å². The molecule has 0 atom stereocenters. The Bertz CT molecular complexity index is 71.1. The molecule has 1 N–H and O–H groups in total. The molecule has 0 saturated heterocycles. The maximum Gasteiger partial charge on any atom is 0.0644 e. The van der Waals surface area contributed by atoms with E-state index in [4.69, 9.17) is 4.74 Å². The molecule has 0 rings (SSSR count). The van der Waals surface area contributed by atoms with E-state index in [1.165, 1.54) is 0 Å². The fourth-order valence-electron chi connectivity index (χ4n) is 1.16. The molecular weight excluding hydrogens is 126 g/mol. The standard InChI is InChI=1S/C8H19NO/c1-5-8(6-2,9-3)7-10-4/h9H,5-7H2,1-4H3. The predicted molar refractivity (Wildman–Crippen MR) is 44.2 cm³/mol. The van der Waals surface area contributed by atoms with Crippen LogP contribution in [0.4, 0.5) is 0 Å². The maximum absolute atomic E-state index is 5.12. The van der Waals surface area contributed by atoms with Crippen LogP contribution in [-0.2, 0) is 4.74 Å². The van der Waals surface area contributed by atoms with Gasteiger partial charge in [0.05, 0.1) is 6.61 Å². The molecule has 0 aliphatic rings. The first-order valence-electron chi connectivity index (χ1n) is 3.92. The van der Waals surface area contributed by atoms with Gasteiger partial charge in [-0.05, 0) is 19.9 Å². The van der Waals surface area contributed by atoms with Gasteiger partial charge in [-0.15, -0.1) is 0 Å². The highest BCUT2D eigenvalue weighted by molar-refractivity contribution is 4.82. The Balaban J connectivity index is 3.87. The summed E-state index contributed by atoms with van der Waals surface area (Å²) in [6, 6.07) is 0. The van der Waals surface area contributed by atoms with E-state index < -0.39 is 0 Å². The lowest BCUT2D eigenvalue weighted by Gasteiger charge is -2.30. The Morgan fingerprint density at radius 1 is 1.30 bits per heavy atom. The lowest BCUT2D eigenvalue weighted by Crippen LogP contribution is -2.45. The second-order valence-corrected chi connectivity index (χ2v) is 2.67. The van der Waals surface area contributed by atoms with Crippen molar-refractivity contribution in [3.05, 3.63) is 0 Å². The van der Waals surface area contributed by atoms with E-state index in [2.05, 4.69) is 19.2 Å². The molecule has 0 bridgehead atoms. The van der Waals surface area contributed by atoms with Crippen LogP contribution in [0.25, 0.3) is 0 Å². The van der Waals surface area contributed by atoms with Crippen LogP contribution in [0, 0.1) is 0 Å². The monoisotopic (exact) mass is 145 g/mol. The van der Waals surface area contributed by atoms with Crippen molar-refractivity contribution in [3.8, 4) is 0 Å². The molecule has 0 radical (unpaired) electrons. The highest BCUT2D eigenvalue weighted by atomic mass is 16.5. The fraction of sp³-hybridized carbons (Fsp3) is 1.00. The number of ether oxygens (including phenoxy) is 1. The van der Waals surface area contributed by atoms with Crippen LogP contribution in [0.5, 0.6) is 0 Å². The Kier molecular flexibility index (Phi) is 4.65. The van der Waals surface area contributed by atoms with Gasteiger partial charge in [-0.2, -0.15) is 0 Å². The van der Waals surface area contributed by atoms with E-state index in [0.29, 0.717) is 0 Å². The summed E-state index contributed by atoms with van der Waals surface area (Å²) in [5, 5.41) is 3.29. The highest BCUT2D eigenvalue weighted by Crippen LogP contribution is 2.13. The predicted octanol–water partition coefficient (Wildman–Crippen LogP) is 1.41. The number of likely N-dealkylation sites (N-methyl/N-ethyl adjacent to an activating group) is 1. The van der Waals surface area contributed by atoms with Gasteiger partial charge < -0.3 is 10.1 Å². The van der Waals surface area contributed by atoms with Gasteiger partial charge in [-0.3, -0.25) is 0 Å². The van der Waals surface area contributed by atoms with Crippen LogP contribution in [0.1, 0.15) is 26.7 Å². The fourth-order valence-corrected chi connectivity index (χ4v) is 1.16. The smallest absolute Gasteiger partial charge is 0.0644 e. The van der Waals surface area contributed by atoms with E-state index >= 15 is 0 Å². The van der Waals surface area contributed by atoms with Gasteiger partial charge in [0.2, 0.25) is 0 Å². The van der Waals surface area contributed by atoms with Crippen molar-refractivity contribution in [3.63, 3.8) is 0 Å². The van der Waals surface area contributed by atoms with Gasteiger partial charge in [-0.25, -0.2) is 0 Å². The van der Waals surface area contributed by atoms with Gasteiger partial charge in [0.25, 0.3) is 0 Å². The first-order chi connectivity index (χ1) is 4.74. The third kappa shape index (κ3) is 2.27. The van der Waals surface area contributed by atoms with E-state index in [-0.39, 0.29) is 5.54 Å². The average molecular weight is 145 g/mol. The van der Waals surface area contributed by atoms with Gasteiger partial charge in [-0.1, -0.05) is 13.8 Å². The number of hydrogen-bond acceptors (Lipinski definition) is 2. The topological polar surface area (TPSA) is 21.3 Å². The molecule has 0 aromatic rings. The first kappa shape index (κ1) is 9.92. The average Bonchev–Trinajstić information content (AvgIpc) is 2.01. The Hall–Kier alpha value is -0.0800. The SMILES string of the molecule is CCC(CC)(COC)NC. The second-order valence-electron chi connectivity index (χ2n) is 2.67. The summed E-state index contributed by atoms with van der Waals surface area (Å²) in [5.74, 6) is 0. The molecule has 0 amide bonds. The highest BCUT2D eigenvalue weighted by Gasteiger charge is 2.22. The van der Waals surface area contributed by atoms with Crippen LogP contribution < -0.4 is 5.32 Å². The zero-order valence-corrected chi connectivity index (χ0v) is 7.53. The summed E-state index contributed by atoms with van der Waals surface area (Å²) in [6.45, 7) is 5.16. The minimum atomic E-state index is 0.203. The molecule has 10 heavy (non-hydrogen) atoms. The minimum Gasteiger partial charge on any atom is -0.383 e. The number of rotatable bonds is 5. The van der Waals surface area contributed by atoms with Crippen LogP contribution in [0.3, 0.4) is 0 Å². The molecule has 0 fully saturated rings. The summed E-state index contributed by atoms with van der Waals surface area (Å²) in [7, 11) is 3.74. The largest absolute Gasteiger partial charge is 0.383 e. The van der Waals surface area contributed by atoms with Crippen molar-refractivity contribution in [2.45, 2.75) is 32.2 Å². The van der Waals surface area contributed by atoms with Crippen LogP contribution >= 0.6 is 0 Å². The van der Waals surface area contributed by atoms with Gasteiger partial charge >= 0.3 is 0 Å². The number of nitrogens with one attached hydrogen (secondary N) is 1. The van der Waals surface area contributed by atoms with Gasteiger partial charge in [0, 0.05) is 12.6 Å². The quantitative estimate of drug-likeness (QED) is 0.631. The molecule has 0 saturated carbocycles. The zero-order valence-electron chi connectivity index (χ0n) is 7.53. The maximum atomic E-state index is 5.12. The van der Waals surface area contributed by atoms with Gasteiger partial charge in [0.1, 0.15) is 0 Å². The molecule has 62 valence electrons. The van der Waals surface area contributed by atoms with Crippen LogP contribution in [0.2, 0.25) is 0 Å².